The lowest BCUT2D eigenvalue weighted by molar-refractivity contribution is -0.134. The molecule has 1 saturated heterocycles. The third-order valence-corrected chi connectivity index (χ3v) is 4.69. The Morgan fingerprint density at radius 3 is 2.83 bits per heavy atom. The summed E-state index contributed by atoms with van der Waals surface area (Å²) in [5.74, 6) is 0.226. The maximum atomic E-state index is 12.7. The van der Waals surface area contributed by atoms with Gasteiger partial charge in [-0.25, -0.2) is 0 Å². The van der Waals surface area contributed by atoms with Crippen molar-refractivity contribution >= 4 is 5.91 Å². The van der Waals surface area contributed by atoms with Gasteiger partial charge >= 0.3 is 0 Å². The molecule has 122 valence electrons. The monoisotopic (exact) mass is 312 g/mol. The Labute approximate surface area is 137 Å². The third-order valence-electron chi connectivity index (χ3n) is 4.69. The lowest BCUT2D eigenvalue weighted by atomic mass is 10.0. The summed E-state index contributed by atoms with van der Waals surface area (Å²) in [6.07, 6.45) is 3.16. The SMILES string of the molecule is Cc1c(CCC(=O)N2CCNCC2c2ccccc2)cnn1C. The highest BCUT2D eigenvalue weighted by Gasteiger charge is 2.27. The van der Waals surface area contributed by atoms with Gasteiger partial charge in [-0.2, -0.15) is 5.10 Å². The second-order valence-corrected chi connectivity index (χ2v) is 6.10. The summed E-state index contributed by atoms with van der Waals surface area (Å²) in [6, 6.07) is 10.4. The Bertz CT molecular complexity index is 665. The van der Waals surface area contributed by atoms with Crippen LogP contribution >= 0.6 is 0 Å². The maximum absolute atomic E-state index is 12.7. The van der Waals surface area contributed by atoms with Gasteiger partial charge in [-0.05, 0) is 24.5 Å². The number of nitrogens with zero attached hydrogens (tertiary/aromatic N) is 3. The first kappa shape index (κ1) is 15.7. The van der Waals surface area contributed by atoms with Crippen molar-refractivity contribution in [1.82, 2.24) is 20.0 Å². The van der Waals surface area contributed by atoms with Gasteiger partial charge in [-0.15, -0.1) is 0 Å². The zero-order valence-corrected chi connectivity index (χ0v) is 13.8. The van der Waals surface area contributed by atoms with Crippen molar-refractivity contribution in [2.45, 2.75) is 25.8 Å². The fourth-order valence-corrected chi connectivity index (χ4v) is 3.15. The van der Waals surface area contributed by atoms with Crippen LogP contribution in [0.1, 0.15) is 29.3 Å². The Kier molecular flexibility index (Phi) is 4.76. The minimum absolute atomic E-state index is 0.132. The number of aryl methyl sites for hydroxylation is 2. The molecular formula is C18H24N4O. The predicted octanol–water partition coefficient (Wildman–Crippen LogP) is 1.83. The topological polar surface area (TPSA) is 50.2 Å². The first-order valence-corrected chi connectivity index (χ1v) is 8.19. The van der Waals surface area contributed by atoms with E-state index in [1.54, 1.807) is 0 Å². The molecule has 1 atom stereocenters. The summed E-state index contributed by atoms with van der Waals surface area (Å²) >= 11 is 0. The number of aromatic nitrogens is 2. The van der Waals surface area contributed by atoms with Gasteiger partial charge in [0.2, 0.25) is 5.91 Å². The first-order chi connectivity index (χ1) is 11.2. The normalized spacial score (nSPS) is 18.2. The number of amides is 1. The molecule has 1 aliphatic rings. The summed E-state index contributed by atoms with van der Waals surface area (Å²) < 4.78 is 1.86. The molecule has 2 heterocycles. The van der Waals surface area contributed by atoms with Gasteiger partial charge in [0.15, 0.2) is 0 Å². The van der Waals surface area contributed by atoms with Crippen LogP contribution in [0.4, 0.5) is 0 Å². The van der Waals surface area contributed by atoms with Crippen LogP contribution in [-0.2, 0) is 18.3 Å². The van der Waals surface area contributed by atoms with Crippen molar-refractivity contribution in [2.75, 3.05) is 19.6 Å². The quantitative estimate of drug-likeness (QED) is 0.937. The second kappa shape index (κ2) is 6.96. The average molecular weight is 312 g/mol. The van der Waals surface area contributed by atoms with Crippen LogP contribution < -0.4 is 5.32 Å². The molecule has 1 fully saturated rings. The molecule has 0 aliphatic carbocycles. The molecule has 5 nitrogen and oxygen atoms in total. The van der Waals surface area contributed by atoms with Crippen LogP contribution in [0.15, 0.2) is 36.5 Å². The van der Waals surface area contributed by atoms with Crippen LogP contribution in [0.2, 0.25) is 0 Å². The Morgan fingerprint density at radius 2 is 2.13 bits per heavy atom. The van der Waals surface area contributed by atoms with Gasteiger partial charge in [0, 0.05) is 38.8 Å². The average Bonchev–Trinajstić information content (AvgIpc) is 2.92. The van der Waals surface area contributed by atoms with Crippen LogP contribution in [0.5, 0.6) is 0 Å². The zero-order valence-electron chi connectivity index (χ0n) is 13.8. The molecule has 1 amide bonds. The molecular weight excluding hydrogens is 288 g/mol. The molecule has 23 heavy (non-hydrogen) atoms. The van der Waals surface area contributed by atoms with E-state index in [1.807, 2.05) is 47.9 Å². The molecule has 0 radical (unpaired) electrons. The van der Waals surface area contributed by atoms with Crippen molar-refractivity contribution in [3.63, 3.8) is 0 Å². The highest BCUT2D eigenvalue weighted by Crippen LogP contribution is 2.23. The van der Waals surface area contributed by atoms with E-state index in [4.69, 9.17) is 0 Å². The smallest absolute Gasteiger partial charge is 0.223 e. The predicted molar refractivity (Wildman–Crippen MR) is 90.0 cm³/mol. The molecule has 0 bridgehead atoms. The number of hydrogen-bond acceptors (Lipinski definition) is 3. The number of nitrogens with one attached hydrogen (secondary N) is 1. The number of benzene rings is 1. The van der Waals surface area contributed by atoms with Crippen LogP contribution in [0, 0.1) is 6.92 Å². The fraction of sp³-hybridized carbons (Fsp3) is 0.444. The van der Waals surface area contributed by atoms with E-state index in [1.165, 1.54) is 5.56 Å². The summed E-state index contributed by atoms with van der Waals surface area (Å²) in [7, 11) is 1.93. The van der Waals surface area contributed by atoms with Crippen molar-refractivity contribution in [2.24, 2.45) is 7.05 Å². The fourth-order valence-electron chi connectivity index (χ4n) is 3.15. The molecule has 3 rings (SSSR count). The number of piperazine rings is 1. The molecule has 1 aromatic carbocycles. The third kappa shape index (κ3) is 3.45. The van der Waals surface area contributed by atoms with Gasteiger partial charge < -0.3 is 10.2 Å². The van der Waals surface area contributed by atoms with Crippen LogP contribution in [0.25, 0.3) is 0 Å². The molecule has 2 aromatic rings. The van der Waals surface area contributed by atoms with E-state index in [0.29, 0.717) is 6.42 Å². The van der Waals surface area contributed by atoms with Gasteiger partial charge in [0.1, 0.15) is 0 Å². The second-order valence-electron chi connectivity index (χ2n) is 6.10. The molecule has 1 aliphatic heterocycles. The molecule has 1 unspecified atom stereocenters. The van der Waals surface area contributed by atoms with Crippen molar-refractivity contribution < 1.29 is 4.79 Å². The highest BCUT2D eigenvalue weighted by atomic mass is 16.2. The van der Waals surface area contributed by atoms with Gasteiger partial charge in [0.25, 0.3) is 0 Å². The molecule has 0 spiro atoms. The summed E-state index contributed by atoms with van der Waals surface area (Å²) in [5, 5.41) is 7.65. The van der Waals surface area contributed by atoms with E-state index in [0.717, 1.165) is 37.3 Å². The Morgan fingerprint density at radius 1 is 1.35 bits per heavy atom. The standard InChI is InChI=1S/C18H24N4O/c1-14-16(12-20-21(14)2)8-9-18(23)22-11-10-19-13-17(22)15-6-4-3-5-7-15/h3-7,12,17,19H,8-11,13H2,1-2H3. The summed E-state index contributed by atoms with van der Waals surface area (Å²) in [6.45, 7) is 4.50. The molecule has 0 saturated carbocycles. The summed E-state index contributed by atoms with van der Waals surface area (Å²) in [4.78, 5) is 14.8. The summed E-state index contributed by atoms with van der Waals surface area (Å²) in [5.41, 5.74) is 3.50. The minimum Gasteiger partial charge on any atom is -0.333 e. The van der Waals surface area contributed by atoms with Crippen LogP contribution in [0.3, 0.4) is 0 Å². The zero-order chi connectivity index (χ0) is 16.2. The number of hydrogen-bond donors (Lipinski definition) is 1. The van der Waals surface area contributed by atoms with E-state index in [2.05, 4.69) is 22.5 Å². The first-order valence-electron chi connectivity index (χ1n) is 8.19. The van der Waals surface area contributed by atoms with Crippen LogP contribution in [-0.4, -0.2) is 40.2 Å². The number of rotatable bonds is 4. The van der Waals surface area contributed by atoms with Gasteiger partial charge in [0.05, 0.1) is 12.2 Å². The van der Waals surface area contributed by atoms with Crippen molar-refractivity contribution in [3.8, 4) is 0 Å². The molecule has 1 N–H and O–H groups in total. The number of carbonyl (C=O) groups is 1. The van der Waals surface area contributed by atoms with Gasteiger partial charge in [-0.1, -0.05) is 30.3 Å². The molecule has 1 aromatic heterocycles. The van der Waals surface area contributed by atoms with E-state index < -0.39 is 0 Å². The van der Waals surface area contributed by atoms with E-state index in [-0.39, 0.29) is 11.9 Å². The van der Waals surface area contributed by atoms with Crippen molar-refractivity contribution in [3.05, 3.63) is 53.3 Å². The van der Waals surface area contributed by atoms with E-state index >= 15 is 0 Å². The number of carbonyl (C=O) groups excluding carboxylic acids is 1. The lowest BCUT2D eigenvalue weighted by Gasteiger charge is -2.36. The van der Waals surface area contributed by atoms with Gasteiger partial charge in [-0.3, -0.25) is 9.48 Å². The van der Waals surface area contributed by atoms with E-state index in [9.17, 15) is 4.79 Å². The Balaban J connectivity index is 1.68. The lowest BCUT2D eigenvalue weighted by Crippen LogP contribution is -2.48. The Hall–Kier alpha value is -2.14. The van der Waals surface area contributed by atoms with Crippen molar-refractivity contribution in [1.29, 1.82) is 0 Å². The maximum Gasteiger partial charge on any atom is 0.223 e. The minimum atomic E-state index is 0.132. The highest BCUT2D eigenvalue weighted by molar-refractivity contribution is 5.77. The molecule has 5 heteroatoms. The largest absolute Gasteiger partial charge is 0.333 e.